The van der Waals surface area contributed by atoms with Gasteiger partial charge >= 0.3 is 0 Å². The van der Waals surface area contributed by atoms with Gasteiger partial charge in [0.15, 0.2) is 10.6 Å². The molecule has 0 atom stereocenters. The van der Waals surface area contributed by atoms with Crippen molar-refractivity contribution in [2.75, 3.05) is 5.32 Å². The molecule has 3 rings (SSSR count). The van der Waals surface area contributed by atoms with E-state index in [1.54, 1.807) is 16.7 Å². The number of carbonyl (C=O) groups excluding carboxylic acids is 1. The number of aromatic nitrogens is 3. The molecule has 0 bridgehead atoms. The summed E-state index contributed by atoms with van der Waals surface area (Å²) in [5, 5.41) is 19.7. The van der Waals surface area contributed by atoms with Gasteiger partial charge in [-0.15, -0.1) is 0 Å². The number of aromatic hydroxyl groups is 1. The van der Waals surface area contributed by atoms with Gasteiger partial charge in [0.1, 0.15) is 5.75 Å². The Morgan fingerprint density at radius 1 is 1.19 bits per heavy atom. The Kier molecular flexibility index (Phi) is 5.18. The highest BCUT2D eigenvalue weighted by molar-refractivity contribution is 7.71. The Hall–Kier alpha value is -2.93. The average molecular weight is 368 g/mol. The largest absolute Gasteiger partial charge is 0.506 e. The number of H-pyrrole nitrogens is 1. The molecule has 0 unspecified atom stereocenters. The van der Waals surface area contributed by atoms with E-state index in [0.717, 1.165) is 16.7 Å². The third kappa shape index (κ3) is 4.00. The van der Waals surface area contributed by atoms with E-state index >= 15 is 0 Å². The number of aryl methyl sites for hydroxylation is 2. The number of carbonyl (C=O) groups is 1. The number of anilines is 1. The monoisotopic (exact) mass is 368 g/mol. The van der Waals surface area contributed by atoms with Crippen LogP contribution in [0.15, 0.2) is 42.5 Å². The van der Waals surface area contributed by atoms with Gasteiger partial charge in [0, 0.05) is 18.5 Å². The molecule has 3 N–H and O–H groups in total. The van der Waals surface area contributed by atoms with Crippen LogP contribution >= 0.6 is 12.2 Å². The molecule has 3 aromatic rings. The molecule has 0 radical (unpaired) electrons. The van der Waals surface area contributed by atoms with E-state index in [9.17, 15) is 9.90 Å². The molecule has 1 aromatic heterocycles. The summed E-state index contributed by atoms with van der Waals surface area (Å²) in [5.41, 5.74) is 3.41. The van der Waals surface area contributed by atoms with Crippen LogP contribution in [0.1, 0.15) is 17.5 Å². The van der Waals surface area contributed by atoms with Crippen molar-refractivity contribution in [3.05, 3.63) is 58.4 Å². The number of amides is 1. The Morgan fingerprint density at radius 2 is 1.88 bits per heavy atom. The van der Waals surface area contributed by atoms with Crippen molar-refractivity contribution in [3.63, 3.8) is 0 Å². The van der Waals surface area contributed by atoms with E-state index in [0.29, 0.717) is 22.8 Å². The van der Waals surface area contributed by atoms with Gasteiger partial charge in [-0.05, 0) is 43.8 Å². The van der Waals surface area contributed by atoms with Gasteiger partial charge in [-0.2, -0.15) is 5.10 Å². The lowest BCUT2D eigenvalue weighted by Crippen LogP contribution is -2.15. The topological polar surface area (TPSA) is 82.9 Å². The van der Waals surface area contributed by atoms with Crippen LogP contribution in [-0.4, -0.2) is 25.8 Å². The lowest BCUT2D eigenvalue weighted by atomic mass is 10.1. The number of hydrogen-bond donors (Lipinski definition) is 3. The SMILES string of the molecule is Cc1ccc(-c2n[nH]c(=S)n2CCC(=O)Nc2ccc(C)cc2O)cc1. The second-order valence-electron chi connectivity index (χ2n) is 6.19. The molecule has 0 aliphatic carbocycles. The highest BCUT2D eigenvalue weighted by Gasteiger charge is 2.12. The Labute approximate surface area is 156 Å². The highest BCUT2D eigenvalue weighted by atomic mass is 32.1. The predicted octanol–water partition coefficient (Wildman–Crippen LogP) is 3.96. The fraction of sp³-hybridized carbons (Fsp3) is 0.211. The number of nitrogens with one attached hydrogen (secondary N) is 2. The van der Waals surface area contributed by atoms with Crippen LogP contribution in [0.4, 0.5) is 5.69 Å². The zero-order chi connectivity index (χ0) is 18.7. The maximum Gasteiger partial charge on any atom is 0.226 e. The van der Waals surface area contributed by atoms with E-state index in [1.807, 2.05) is 44.2 Å². The van der Waals surface area contributed by atoms with Crippen LogP contribution in [0.25, 0.3) is 11.4 Å². The minimum absolute atomic E-state index is 0.0543. The summed E-state index contributed by atoms with van der Waals surface area (Å²) in [7, 11) is 0. The third-order valence-corrected chi connectivity index (χ3v) is 4.37. The smallest absolute Gasteiger partial charge is 0.226 e. The van der Waals surface area contributed by atoms with E-state index in [-0.39, 0.29) is 18.1 Å². The van der Waals surface area contributed by atoms with E-state index in [2.05, 4.69) is 15.5 Å². The van der Waals surface area contributed by atoms with Crippen LogP contribution in [0, 0.1) is 18.6 Å². The summed E-state index contributed by atoms with van der Waals surface area (Å²) in [5.74, 6) is 0.543. The fourth-order valence-electron chi connectivity index (χ4n) is 2.62. The van der Waals surface area contributed by atoms with Gasteiger partial charge in [-0.25, -0.2) is 0 Å². The molecule has 0 fully saturated rings. The van der Waals surface area contributed by atoms with Gasteiger partial charge in [0.2, 0.25) is 5.91 Å². The van der Waals surface area contributed by atoms with Gasteiger partial charge in [-0.3, -0.25) is 14.5 Å². The molecular weight excluding hydrogens is 348 g/mol. The number of phenols is 1. The van der Waals surface area contributed by atoms with Crippen molar-refractivity contribution < 1.29 is 9.90 Å². The molecule has 2 aromatic carbocycles. The number of aromatic amines is 1. The van der Waals surface area contributed by atoms with E-state index in [1.165, 1.54) is 0 Å². The lowest BCUT2D eigenvalue weighted by molar-refractivity contribution is -0.116. The first-order valence-corrected chi connectivity index (χ1v) is 8.66. The zero-order valence-corrected chi connectivity index (χ0v) is 15.4. The van der Waals surface area contributed by atoms with Crippen LogP contribution < -0.4 is 5.32 Å². The first-order valence-electron chi connectivity index (χ1n) is 8.26. The number of rotatable bonds is 5. The standard InChI is InChI=1S/C19H20N4O2S/c1-12-3-6-14(7-4-12)18-21-22-19(26)23(18)10-9-17(25)20-15-8-5-13(2)11-16(15)24/h3-8,11,24H,9-10H2,1-2H3,(H,20,25)(H,22,26). The molecule has 6 nitrogen and oxygen atoms in total. The van der Waals surface area contributed by atoms with Gasteiger partial charge in [-0.1, -0.05) is 35.9 Å². The highest BCUT2D eigenvalue weighted by Crippen LogP contribution is 2.24. The maximum atomic E-state index is 12.2. The minimum Gasteiger partial charge on any atom is -0.506 e. The normalized spacial score (nSPS) is 10.7. The number of phenolic OH excluding ortho intramolecular Hbond substituents is 1. The van der Waals surface area contributed by atoms with Crippen molar-refractivity contribution in [2.24, 2.45) is 0 Å². The quantitative estimate of drug-likeness (QED) is 0.470. The van der Waals surface area contributed by atoms with E-state index < -0.39 is 0 Å². The van der Waals surface area contributed by atoms with Crippen molar-refractivity contribution >= 4 is 23.8 Å². The van der Waals surface area contributed by atoms with E-state index in [4.69, 9.17) is 12.2 Å². The molecule has 0 saturated carbocycles. The molecule has 7 heteroatoms. The van der Waals surface area contributed by atoms with Gasteiger partial charge < -0.3 is 10.4 Å². The molecule has 134 valence electrons. The molecule has 1 amide bonds. The maximum absolute atomic E-state index is 12.2. The molecule has 26 heavy (non-hydrogen) atoms. The minimum atomic E-state index is -0.206. The zero-order valence-electron chi connectivity index (χ0n) is 14.6. The fourth-order valence-corrected chi connectivity index (χ4v) is 2.84. The van der Waals surface area contributed by atoms with Gasteiger partial charge in [0.05, 0.1) is 5.69 Å². The molecule has 0 aliphatic rings. The average Bonchev–Trinajstić information content (AvgIpc) is 2.97. The second kappa shape index (κ2) is 7.53. The summed E-state index contributed by atoms with van der Waals surface area (Å²) >= 11 is 5.29. The lowest BCUT2D eigenvalue weighted by Gasteiger charge is -2.10. The van der Waals surface area contributed by atoms with Crippen molar-refractivity contribution in [1.82, 2.24) is 14.8 Å². The molecule has 0 aliphatic heterocycles. The summed E-state index contributed by atoms with van der Waals surface area (Å²) in [6.07, 6.45) is 0.208. The Balaban J connectivity index is 1.71. The molecular formula is C19H20N4O2S. The van der Waals surface area contributed by atoms with Crippen LogP contribution in [0.3, 0.4) is 0 Å². The van der Waals surface area contributed by atoms with Gasteiger partial charge in [0.25, 0.3) is 0 Å². The molecule has 1 heterocycles. The predicted molar refractivity (Wildman–Crippen MR) is 104 cm³/mol. The van der Waals surface area contributed by atoms with Crippen molar-refractivity contribution in [3.8, 4) is 17.1 Å². The summed E-state index contributed by atoms with van der Waals surface area (Å²) < 4.78 is 2.26. The third-order valence-electron chi connectivity index (χ3n) is 4.06. The van der Waals surface area contributed by atoms with Crippen molar-refractivity contribution in [1.29, 1.82) is 0 Å². The number of hydrogen-bond acceptors (Lipinski definition) is 4. The Morgan fingerprint density at radius 3 is 2.58 bits per heavy atom. The Bertz CT molecular complexity index is 990. The van der Waals surface area contributed by atoms with Crippen LogP contribution in [0.2, 0.25) is 0 Å². The number of nitrogens with zero attached hydrogens (tertiary/aromatic N) is 2. The summed E-state index contributed by atoms with van der Waals surface area (Å²) in [6.45, 7) is 4.28. The van der Waals surface area contributed by atoms with Crippen LogP contribution in [0.5, 0.6) is 5.75 Å². The summed E-state index contributed by atoms with van der Waals surface area (Å²) in [4.78, 5) is 12.2. The first kappa shape index (κ1) is 17.9. The second-order valence-corrected chi connectivity index (χ2v) is 6.58. The molecule has 0 spiro atoms. The van der Waals surface area contributed by atoms with Crippen LogP contribution in [-0.2, 0) is 11.3 Å². The number of benzene rings is 2. The molecule has 0 saturated heterocycles. The van der Waals surface area contributed by atoms with Crippen molar-refractivity contribution in [2.45, 2.75) is 26.8 Å². The first-order chi connectivity index (χ1) is 12.4. The summed E-state index contributed by atoms with van der Waals surface area (Å²) in [6, 6.07) is 13.1.